The van der Waals surface area contributed by atoms with E-state index in [4.69, 9.17) is 39.5 Å². The number of benzene rings is 1. The first-order valence-electron chi connectivity index (χ1n) is 7.42. The lowest BCUT2D eigenvalue weighted by atomic mass is 10.2. The highest BCUT2D eigenvalue weighted by atomic mass is 35.6. The molecule has 0 saturated carbocycles. The third-order valence-electron chi connectivity index (χ3n) is 3.60. The highest BCUT2D eigenvalue weighted by molar-refractivity contribution is 6.67. The lowest BCUT2D eigenvalue weighted by Crippen LogP contribution is -2.41. The van der Waals surface area contributed by atoms with Gasteiger partial charge in [-0.2, -0.15) is 13.2 Å². The van der Waals surface area contributed by atoms with Crippen LogP contribution in [0.15, 0.2) is 24.3 Å². The van der Waals surface area contributed by atoms with Gasteiger partial charge in [0, 0.05) is 12.2 Å². The fourth-order valence-electron chi connectivity index (χ4n) is 2.38. The van der Waals surface area contributed by atoms with Crippen LogP contribution in [0.4, 0.5) is 18.9 Å². The minimum absolute atomic E-state index is 0.266. The Bertz CT molecular complexity index is 663. The monoisotopic (exact) mass is 432 g/mol. The number of anilines is 1. The molecule has 0 radical (unpaired) electrons. The molecule has 1 aliphatic heterocycles. The minimum Gasteiger partial charge on any atom is -0.460 e. The predicted molar refractivity (Wildman–Crippen MR) is 91.5 cm³/mol. The zero-order valence-corrected chi connectivity index (χ0v) is 15.4. The number of hydrogen-bond donors (Lipinski definition) is 1. The topological polar surface area (TPSA) is 58.6 Å². The number of halogens is 6. The third kappa shape index (κ3) is 5.90. The summed E-state index contributed by atoms with van der Waals surface area (Å²) in [7, 11) is 0. The molecule has 0 bridgehead atoms. The quantitative estimate of drug-likeness (QED) is 0.572. The Balaban J connectivity index is 1.88. The Morgan fingerprint density at radius 2 is 1.85 bits per heavy atom. The first kappa shape index (κ1) is 21.1. The van der Waals surface area contributed by atoms with Gasteiger partial charge in [-0.15, -0.1) is 0 Å². The van der Waals surface area contributed by atoms with Gasteiger partial charge >= 0.3 is 12.1 Å². The maximum atomic E-state index is 12.6. The molecule has 1 aromatic carbocycles. The third-order valence-corrected chi connectivity index (χ3v) is 3.93. The Labute approximate surface area is 162 Å². The molecule has 0 spiro atoms. The minimum atomic E-state index is -4.44. The van der Waals surface area contributed by atoms with E-state index < -0.39 is 34.2 Å². The van der Waals surface area contributed by atoms with Gasteiger partial charge in [-0.3, -0.25) is 14.9 Å². The first-order valence-corrected chi connectivity index (χ1v) is 8.55. The van der Waals surface area contributed by atoms with E-state index in [1.807, 2.05) is 0 Å². The molecule has 1 saturated heterocycles. The summed E-state index contributed by atoms with van der Waals surface area (Å²) in [5.74, 6) is -1.05. The van der Waals surface area contributed by atoms with E-state index in [9.17, 15) is 22.8 Å². The SMILES string of the molecule is O=C(CNC1CCN(c2ccc(C(F)(F)F)cc2)C1=O)OCC(Cl)(Cl)Cl. The summed E-state index contributed by atoms with van der Waals surface area (Å²) < 4.78 is 40.8. The number of alkyl halides is 6. The molecule has 1 aromatic rings. The summed E-state index contributed by atoms with van der Waals surface area (Å²) in [5, 5.41) is 2.73. The molecule has 11 heteroatoms. The summed E-state index contributed by atoms with van der Waals surface area (Å²) in [6, 6.07) is 3.64. The van der Waals surface area contributed by atoms with E-state index in [0.717, 1.165) is 12.1 Å². The number of nitrogens with zero attached hydrogens (tertiary/aromatic N) is 1. The van der Waals surface area contributed by atoms with Crippen molar-refractivity contribution in [2.45, 2.75) is 22.4 Å². The van der Waals surface area contributed by atoms with E-state index in [1.165, 1.54) is 17.0 Å². The average molecular weight is 434 g/mol. The smallest absolute Gasteiger partial charge is 0.416 e. The largest absolute Gasteiger partial charge is 0.460 e. The number of rotatable bonds is 5. The summed E-state index contributed by atoms with van der Waals surface area (Å²) in [6.07, 6.45) is -4.05. The van der Waals surface area contributed by atoms with Gasteiger partial charge in [0.05, 0.1) is 18.2 Å². The van der Waals surface area contributed by atoms with E-state index in [0.29, 0.717) is 18.7 Å². The maximum absolute atomic E-state index is 12.6. The normalized spacial score (nSPS) is 18.3. The highest BCUT2D eigenvalue weighted by Gasteiger charge is 2.34. The molecule has 2 rings (SSSR count). The van der Waals surface area contributed by atoms with Crippen molar-refractivity contribution < 1.29 is 27.5 Å². The van der Waals surface area contributed by atoms with Crippen LogP contribution in [0.5, 0.6) is 0 Å². The lowest BCUT2D eigenvalue weighted by Gasteiger charge is -2.18. The van der Waals surface area contributed by atoms with Crippen molar-refractivity contribution in [2.75, 3.05) is 24.6 Å². The van der Waals surface area contributed by atoms with Crippen molar-refractivity contribution >= 4 is 52.4 Å². The lowest BCUT2D eigenvalue weighted by molar-refractivity contribution is -0.142. The molecular formula is C15H14Cl3F3N2O3. The molecule has 0 aliphatic carbocycles. The standard InChI is InChI=1S/C15H14Cl3F3N2O3/c16-14(17,18)8-26-12(24)7-22-11-5-6-23(13(11)25)10-3-1-9(2-4-10)15(19,20)21/h1-4,11,22H,5-8H2. The van der Waals surface area contributed by atoms with Crippen LogP contribution >= 0.6 is 34.8 Å². The zero-order chi connectivity index (χ0) is 19.5. The van der Waals surface area contributed by atoms with E-state index >= 15 is 0 Å². The van der Waals surface area contributed by atoms with E-state index in [2.05, 4.69) is 5.32 Å². The van der Waals surface area contributed by atoms with Gasteiger partial charge in [-0.05, 0) is 30.7 Å². The number of ether oxygens (including phenoxy) is 1. The molecule has 1 unspecified atom stereocenters. The Morgan fingerprint density at radius 1 is 1.23 bits per heavy atom. The zero-order valence-electron chi connectivity index (χ0n) is 13.2. The first-order chi connectivity index (χ1) is 12.0. The second-order valence-electron chi connectivity index (χ2n) is 5.53. The molecule has 0 aromatic heterocycles. The Morgan fingerprint density at radius 3 is 2.38 bits per heavy atom. The van der Waals surface area contributed by atoms with Gasteiger partial charge < -0.3 is 9.64 Å². The predicted octanol–water partition coefficient (Wildman–Crippen LogP) is 3.31. The number of amides is 1. The number of carbonyl (C=O) groups is 2. The maximum Gasteiger partial charge on any atom is 0.416 e. The van der Waals surface area contributed by atoms with Crippen LogP contribution in [0.25, 0.3) is 0 Å². The van der Waals surface area contributed by atoms with Crippen molar-refractivity contribution in [3.8, 4) is 0 Å². The molecule has 1 amide bonds. The Kier molecular flexibility index (Phi) is 6.65. The molecule has 1 fully saturated rings. The molecule has 26 heavy (non-hydrogen) atoms. The molecule has 5 nitrogen and oxygen atoms in total. The number of carbonyl (C=O) groups excluding carboxylic acids is 2. The van der Waals surface area contributed by atoms with Gasteiger partial charge in [0.15, 0.2) is 0 Å². The van der Waals surface area contributed by atoms with Crippen LogP contribution < -0.4 is 10.2 Å². The van der Waals surface area contributed by atoms with Gasteiger partial charge in [-0.1, -0.05) is 34.8 Å². The van der Waals surface area contributed by atoms with Crippen molar-refractivity contribution in [1.29, 1.82) is 0 Å². The van der Waals surface area contributed by atoms with Crippen molar-refractivity contribution in [3.63, 3.8) is 0 Å². The summed E-state index contributed by atoms with van der Waals surface area (Å²) >= 11 is 16.4. The van der Waals surface area contributed by atoms with Gasteiger partial charge in [0.2, 0.25) is 9.70 Å². The molecule has 1 heterocycles. The van der Waals surface area contributed by atoms with E-state index in [-0.39, 0.29) is 12.5 Å². The summed E-state index contributed by atoms with van der Waals surface area (Å²) in [5.41, 5.74) is -0.439. The molecule has 1 atom stereocenters. The molecule has 1 N–H and O–H groups in total. The highest BCUT2D eigenvalue weighted by Crippen LogP contribution is 2.31. The summed E-state index contributed by atoms with van der Waals surface area (Å²) in [4.78, 5) is 25.2. The average Bonchev–Trinajstić information content (AvgIpc) is 2.90. The number of esters is 1. The molecule has 144 valence electrons. The van der Waals surface area contributed by atoms with Crippen LogP contribution in [0.1, 0.15) is 12.0 Å². The fourth-order valence-corrected chi connectivity index (χ4v) is 2.54. The summed E-state index contributed by atoms with van der Waals surface area (Å²) in [6.45, 7) is -0.377. The second kappa shape index (κ2) is 8.21. The Hall–Kier alpha value is -1.22. The second-order valence-corrected chi connectivity index (χ2v) is 8.05. The molecule has 1 aliphatic rings. The van der Waals surface area contributed by atoms with Crippen molar-refractivity contribution in [3.05, 3.63) is 29.8 Å². The van der Waals surface area contributed by atoms with E-state index in [1.54, 1.807) is 0 Å². The van der Waals surface area contributed by atoms with Crippen molar-refractivity contribution in [2.24, 2.45) is 0 Å². The van der Waals surface area contributed by atoms with Gasteiger partial charge in [0.1, 0.15) is 6.61 Å². The van der Waals surface area contributed by atoms with Crippen LogP contribution in [-0.2, 0) is 20.5 Å². The van der Waals surface area contributed by atoms with Crippen molar-refractivity contribution in [1.82, 2.24) is 5.32 Å². The van der Waals surface area contributed by atoms with Gasteiger partial charge in [-0.25, -0.2) is 0 Å². The van der Waals surface area contributed by atoms with Crippen LogP contribution in [0, 0.1) is 0 Å². The van der Waals surface area contributed by atoms with Crippen LogP contribution in [0.3, 0.4) is 0 Å². The van der Waals surface area contributed by atoms with Gasteiger partial charge in [0.25, 0.3) is 0 Å². The fraction of sp³-hybridized carbons (Fsp3) is 0.467. The van der Waals surface area contributed by atoms with Crippen LogP contribution in [0.2, 0.25) is 0 Å². The number of hydrogen-bond acceptors (Lipinski definition) is 4. The van der Waals surface area contributed by atoms with Crippen LogP contribution in [-0.4, -0.2) is 41.4 Å². The molecular weight excluding hydrogens is 420 g/mol. The number of nitrogens with one attached hydrogen (secondary N) is 1.